The monoisotopic (exact) mass is 224 g/mol. The van der Waals surface area contributed by atoms with Gasteiger partial charge in [-0.1, -0.05) is 19.9 Å². The van der Waals surface area contributed by atoms with Gasteiger partial charge in [0.1, 0.15) is 11.6 Å². The third-order valence-corrected chi connectivity index (χ3v) is 2.95. The Kier molecular flexibility index (Phi) is 4.52. The third-order valence-electron chi connectivity index (χ3n) is 2.95. The van der Waals surface area contributed by atoms with Gasteiger partial charge in [-0.25, -0.2) is 10.8 Å². The van der Waals surface area contributed by atoms with E-state index in [-0.39, 0.29) is 12.1 Å². The molecule has 0 aliphatic rings. The average Bonchev–Trinajstić information content (AvgIpc) is 2.36. The number of anilines is 2. The number of hydrazine groups is 1. The Balaban J connectivity index is 2.84. The van der Waals surface area contributed by atoms with E-state index in [0.29, 0.717) is 11.6 Å². The van der Waals surface area contributed by atoms with E-state index >= 15 is 0 Å². The average molecular weight is 224 g/mol. The number of aliphatic hydroxyl groups excluding tert-OH is 1. The Morgan fingerprint density at radius 2 is 1.94 bits per heavy atom. The minimum absolute atomic E-state index is 0.0853. The summed E-state index contributed by atoms with van der Waals surface area (Å²) in [6, 6.07) is 5.50. The molecular formula is C11H20N4O. The molecule has 1 aromatic rings. The highest BCUT2D eigenvalue weighted by Crippen LogP contribution is 2.21. The molecule has 16 heavy (non-hydrogen) atoms. The van der Waals surface area contributed by atoms with Gasteiger partial charge < -0.3 is 15.8 Å². The number of aliphatic hydroxyl groups is 1. The van der Waals surface area contributed by atoms with Crippen molar-refractivity contribution in [3.63, 3.8) is 0 Å². The minimum Gasteiger partial charge on any atom is -0.394 e. The van der Waals surface area contributed by atoms with Gasteiger partial charge in [-0.05, 0) is 25.0 Å². The standard InChI is InChI=1S/C11H20N4O/c1-3-11(4-2,8-16)14-9-6-5-7-10(13-9)15-12/h5-7,16H,3-4,8,12H2,1-2H3,(H2,13,14,15). The van der Waals surface area contributed by atoms with E-state index in [1.165, 1.54) is 0 Å². The summed E-state index contributed by atoms with van der Waals surface area (Å²) in [6.45, 7) is 4.16. The van der Waals surface area contributed by atoms with Crippen LogP contribution in [-0.4, -0.2) is 22.2 Å². The highest BCUT2D eigenvalue weighted by Gasteiger charge is 2.25. The van der Waals surface area contributed by atoms with Crippen molar-refractivity contribution in [2.45, 2.75) is 32.2 Å². The van der Waals surface area contributed by atoms with Crippen molar-refractivity contribution in [1.82, 2.24) is 4.98 Å². The molecule has 0 saturated carbocycles. The van der Waals surface area contributed by atoms with Crippen LogP contribution in [0.15, 0.2) is 18.2 Å². The van der Waals surface area contributed by atoms with Crippen LogP contribution >= 0.6 is 0 Å². The summed E-state index contributed by atoms with van der Waals surface area (Å²) in [5, 5.41) is 12.7. The van der Waals surface area contributed by atoms with Crippen molar-refractivity contribution in [3.8, 4) is 0 Å². The van der Waals surface area contributed by atoms with Crippen LogP contribution in [0.25, 0.3) is 0 Å². The van der Waals surface area contributed by atoms with E-state index in [1.807, 2.05) is 26.0 Å². The molecule has 0 unspecified atom stereocenters. The van der Waals surface area contributed by atoms with Crippen LogP contribution in [0.4, 0.5) is 11.6 Å². The van der Waals surface area contributed by atoms with Gasteiger partial charge in [-0.2, -0.15) is 0 Å². The number of pyridine rings is 1. The number of rotatable bonds is 6. The smallest absolute Gasteiger partial charge is 0.142 e. The predicted molar refractivity (Wildman–Crippen MR) is 66.1 cm³/mol. The second-order valence-corrected chi connectivity index (χ2v) is 3.82. The van der Waals surface area contributed by atoms with Crippen LogP contribution in [-0.2, 0) is 0 Å². The summed E-state index contributed by atoms with van der Waals surface area (Å²) in [6.07, 6.45) is 1.67. The van der Waals surface area contributed by atoms with Crippen molar-refractivity contribution in [1.29, 1.82) is 0 Å². The van der Waals surface area contributed by atoms with Crippen LogP contribution in [0, 0.1) is 0 Å². The quantitative estimate of drug-likeness (QED) is 0.433. The lowest BCUT2D eigenvalue weighted by molar-refractivity contribution is 0.202. The Hall–Kier alpha value is -1.33. The van der Waals surface area contributed by atoms with Gasteiger partial charge in [0.05, 0.1) is 12.1 Å². The molecule has 1 rings (SSSR count). The normalized spacial score (nSPS) is 11.2. The zero-order valence-electron chi connectivity index (χ0n) is 9.83. The van der Waals surface area contributed by atoms with Gasteiger partial charge in [0.15, 0.2) is 0 Å². The van der Waals surface area contributed by atoms with Crippen molar-refractivity contribution >= 4 is 11.6 Å². The summed E-state index contributed by atoms with van der Waals surface area (Å²) in [7, 11) is 0. The predicted octanol–water partition coefficient (Wildman–Crippen LogP) is 1.33. The fourth-order valence-electron chi connectivity index (χ4n) is 1.55. The van der Waals surface area contributed by atoms with E-state index < -0.39 is 0 Å². The second kappa shape index (κ2) is 5.67. The first kappa shape index (κ1) is 12.7. The molecule has 5 nitrogen and oxygen atoms in total. The molecule has 0 fully saturated rings. The molecule has 1 heterocycles. The number of hydrogen-bond acceptors (Lipinski definition) is 5. The topological polar surface area (TPSA) is 83.2 Å². The molecule has 0 aromatic carbocycles. The maximum Gasteiger partial charge on any atom is 0.142 e. The van der Waals surface area contributed by atoms with E-state index in [1.54, 1.807) is 6.07 Å². The molecule has 1 aromatic heterocycles. The molecule has 5 N–H and O–H groups in total. The summed E-state index contributed by atoms with van der Waals surface area (Å²) >= 11 is 0. The van der Waals surface area contributed by atoms with Gasteiger partial charge in [0, 0.05) is 0 Å². The number of hydrogen-bond donors (Lipinski definition) is 4. The van der Waals surface area contributed by atoms with Crippen molar-refractivity contribution < 1.29 is 5.11 Å². The van der Waals surface area contributed by atoms with Gasteiger partial charge in [-0.3, -0.25) is 0 Å². The van der Waals surface area contributed by atoms with Crippen LogP contribution in [0.2, 0.25) is 0 Å². The zero-order chi connectivity index (χ0) is 12.0. The molecule has 90 valence electrons. The van der Waals surface area contributed by atoms with Crippen LogP contribution in [0.3, 0.4) is 0 Å². The molecule has 0 saturated heterocycles. The molecule has 0 radical (unpaired) electrons. The number of nitrogens with two attached hydrogens (primary N) is 1. The van der Waals surface area contributed by atoms with E-state index in [9.17, 15) is 5.11 Å². The molecule has 0 amide bonds. The summed E-state index contributed by atoms with van der Waals surface area (Å²) in [5.74, 6) is 6.61. The van der Waals surface area contributed by atoms with Gasteiger partial charge in [0.25, 0.3) is 0 Å². The molecule has 0 bridgehead atoms. The number of aromatic nitrogens is 1. The highest BCUT2D eigenvalue weighted by atomic mass is 16.3. The first-order valence-electron chi connectivity index (χ1n) is 5.52. The maximum atomic E-state index is 9.43. The molecule has 5 heteroatoms. The Morgan fingerprint density at radius 1 is 1.31 bits per heavy atom. The highest BCUT2D eigenvalue weighted by molar-refractivity contribution is 5.46. The van der Waals surface area contributed by atoms with Gasteiger partial charge >= 0.3 is 0 Å². The lowest BCUT2D eigenvalue weighted by Crippen LogP contribution is -2.41. The van der Waals surface area contributed by atoms with E-state index in [4.69, 9.17) is 5.84 Å². The number of nitrogens with one attached hydrogen (secondary N) is 2. The lowest BCUT2D eigenvalue weighted by atomic mass is 9.94. The van der Waals surface area contributed by atoms with Gasteiger partial charge in [-0.15, -0.1) is 0 Å². The van der Waals surface area contributed by atoms with Crippen LogP contribution in [0.1, 0.15) is 26.7 Å². The van der Waals surface area contributed by atoms with E-state index in [0.717, 1.165) is 12.8 Å². The van der Waals surface area contributed by atoms with Crippen molar-refractivity contribution in [2.24, 2.45) is 5.84 Å². The molecule has 0 aliphatic heterocycles. The van der Waals surface area contributed by atoms with Crippen molar-refractivity contribution in [3.05, 3.63) is 18.2 Å². The Morgan fingerprint density at radius 3 is 2.44 bits per heavy atom. The zero-order valence-corrected chi connectivity index (χ0v) is 9.83. The second-order valence-electron chi connectivity index (χ2n) is 3.82. The van der Waals surface area contributed by atoms with Crippen LogP contribution in [0.5, 0.6) is 0 Å². The SMILES string of the molecule is CCC(CC)(CO)Nc1cccc(NN)n1. The third kappa shape index (κ3) is 2.84. The summed E-state index contributed by atoms with van der Waals surface area (Å²) in [4.78, 5) is 4.26. The molecule has 0 aliphatic carbocycles. The largest absolute Gasteiger partial charge is 0.394 e. The Labute approximate surface area is 96.0 Å². The number of nitrogen functional groups attached to an aromatic ring is 1. The molecule has 0 spiro atoms. The molecular weight excluding hydrogens is 204 g/mol. The lowest BCUT2D eigenvalue weighted by Gasteiger charge is -2.31. The van der Waals surface area contributed by atoms with Crippen LogP contribution < -0.4 is 16.6 Å². The first-order valence-corrected chi connectivity index (χ1v) is 5.52. The fourth-order valence-corrected chi connectivity index (χ4v) is 1.55. The first-order chi connectivity index (χ1) is 7.69. The maximum absolute atomic E-state index is 9.43. The Bertz CT molecular complexity index is 317. The van der Waals surface area contributed by atoms with Gasteiger partial charge in [0.2, 0.25) is 0 Å². The fraction of sp³-hybridized carbons (Fsp3) is 0.545. The minimum atomic E-state index is -0.305. The van der Waals surface area contributed by atoms with Crippen molar-refractivity contribution in [2.75, 3.05) is 17.3 Å². The molecule has 0 atom stereocenters. The van der Waals surface area contributed by atoms with E-state index in [2.05, 4.69) is 15.7 Å². The number of nitrogens with zero attached hydrogens (tertiary/aromatic N) is 1. The summed E-state index contributed by atoms with van der Waals surface area (Å²) in [5.41, 5.74) is 2.19. The summed E-state index contributed by atoms with van der Waals surface area (Å²) < 4.78 is 0.